The molecule has 0 amide bonds. The molecule has 0 aliphatic carbocycles. The van der Waals surface area contributed by atoms with Crippen LogP contribution in [0.3, 0.4) is 0 Å². The smallest absolute Gasteiger partial charge is 0.0582 e. The lowest BCUT2D eigenvalue weighted by molar-refractivity contribution is 0.862. The number of rotatable bonds is 2. The largest absolute Gasteiger partial charge is 0.320 e. The summed E-state index contributed by atoms with van der Waals surface area (Å²) >= 11 is 9.47. The summed E-state index contributed by atoms with van der Waals surface area (Å²) in [5, 5.41) is 0.676. The Balaban J connectivity index is 2.39. The van der Waals surface area contributed by atoms with Crippen LogP contribution in [-0.4, -0.2) is 4.98 Å². The highest BCUT2D eigenvalue weighted by Gasteiger charge is 2.12. The molecule has 0 saturated carbocycles. The van der Waals surface area contributed by atoms with E-state index < -0.39 is 0 Å². The van der Waals surface area contributed by atoms with Crippen molar-refractivity contribution in [3.05, 3.63) is 63.3 Å². The highest BCUT2D eigenvalue weighted by atomic mass is 79.9. The minimum absolute atomic E-state index is 0.251. The minimum Gasteiger partial charge on any atom is -0.320 e. The fourth-order valence-electron chi connectivity index (χ4n) is 1.51. The summed E-state index contributed by atoms with van der Waals surface area (Å²) in [6.45, 7) is 0. The lowest BCUT2D eigenvalue weighted by atomic mass is 10.0. The van der Waals surface area contributed by atoms with Crippen LogP contribution in [0.15, 0.2) is 47.2 Å². The Labute approximate surface area is 108 Å². The van der Waals surface area contributed by atoms with Crippen molar-refractivity contribution in [3.8, 4) is 0 Å². The van der Waals surface area contributed by atoms with Gasteiger partial charge < -0.3 is 5.73 Å². The van der Waals surface area contributed by atoms with Crippen LogP contribution < -0.4 is 5.73 Å². The standard InChI is InChI=1S/C12H10BrClN2/c13-9-5-8(6-16-7-9)12(15)10-3-1-2-4-11(10)14/h1-7,12H,15H2. The number of pyridine rings is 1. The predicted molar refractivity (Wildman–Crippen MR) is 69.4 cm³/mol. The molecule has 1 aromatic heterocycles. The quantitative estimate of drug-likeness (QED) is 0.921. The molecule has 0 spiro atoms. The first-order chi connectivity index (χ1) is 7.68. The zero-order valence-electron chi connectivity index (χ0n) is 8.40. The Morgan fingerprint density at radius 3 is 2.69 bits per heavy atom. The van der Waals surface area contributed by atoms with Gasteiger partial charge in [0.1, 0.15) is 0 Å². The molecule has 0 aliphatic rings. The zero-order valence-corrected chi connectivity index (χ0v) is 10.7. The van der Waals surface area contributed by atoms with Gasteiger partial charge in [0.2, 0.25) is 0 Å². The van der Waals surface area contributed by atoms with Crippen LogP contribution >= 0.6 is 27.5 Å². The average Bonchev–Trinajstić information content (AvgIpc) is 2.29. The molecular formula is C12H10BrClN2. The third kappa shape index (κ3) is 2.43. The maximum atomic E-state index is 6.14. The molecule has 0 bridgehead atoms. The highest BCUT2D eigenvalue weighted by Crippen LogP contribution is 2.26. The zero-order chi connectivity index (χ0) is 11.5. The van der Waals surface area contributed by atoms with Crippen molar-refractivity contribution in [2.24, 2.45) is 5.73 Å². The van der Waals surface area contributed by atoms with E-state index >= 15 is 0 Å². The van der Waals surface area contributed by atoms with E-state index in [1.54, 1.807) is 12.4 Å². The Hall–Kier alpha value is -0.900. The normalized spacial score (nSPS) is 12.4. The summed E-state index contributed by atoms with van der Waals surface area (Å²) < 4.78 is 0.910. The van der Waals surface area contributed by atoms with Crippen LogP contribution in [-0.2, 0) is 0 Å². The lowest BCUT2D eigenvalue weighted by Crippen LogP contribution is -2.12. The third-order valence-corrected chi connectivity index (χ3v) is 3.10. The van der Waals surface area contributed by atoms with E-state index in [9.17, 15) is 0 Å². The SMILES string of the molecule is NC(c1cncc(Br)c1)c1ccccc1Cl. The number of halogens is 2. The van der Waals surface area contributed by atoms with Crippen molar-refractivity contribution < 1.29 is 0 Å². The van der Waals surface area contributed by atoms with Crippen molar-refractivity contribution in [1.29, 1.82) is 0 Å². The van der Waals surface area contributed by atoms with Crippen LogP contribution in [0.1, 0.15) is 17.2 Å². The molecule has 0 aliphatic heterocycles. The molecule has 2 aromatic rings. The third-order valence-electron chi connectivity index (χ3n) is 2.33. The topological polar surface area (TPSA) is 38.9 Å². The summed E-state index contributed by atoms with van der Waals surface area (Å²) in [6, 6.07) is 9.26. The molecule has 82 valence electrons. The van der Waals surface area contributed by atoms with Gasteiger partial charge >= 0.3 is 0 Å². The first kappa shape index (κ1) is 11.6. The molecule has 1 unspecified atom stereocenters. The molecule has 0 fully saturated rings. The lowest BCUT2D eigenvalue weighted by Gasteiger charge is -2.13. The van der Waals surface area contributed by atoms with Crippen molar-refractivity contribution in [2.75, 3.05) is 0 Å². The van der Waals surface area contributed by atoms with Gasteiger partial charge in [0.05, 0.1) is 6.04 Å². The molecule has 16 heavy (non-hydrogen) atoms. The molecule has 0 saturated heterocycles. The van der Waals surface area contributed by atoms with Crippen LogP contribution in [0.25, 0.3) is 0 Å². The van der Waals surface area contributed by atoms with E-state index in [0.717, 1.165) is 15.6 Å². The molecule has 1 aromatic carbocycles. The monoisotopic (exact) mass is 296 g/mol. The highest BCUT2D eigenvalue weighted by molar-refractivity contribution is 9.10. The van der Waals surface area contributed by atoms with Gasteiger partial charge in [-0.3, -0.25) is 4.98 Å². The predicted octanol–water partition coefficient (Wildman–Crippen LogP) is 3.55. The number of benzene rings is 1. The van der Waals surface area contributed by atoms with Crippen LogP contribution in [0, 0.1) is 0 Å². The first-order valence-corrected chi connectivity index (χ1v) is 5.96. The Kier molecular flexibility index (Phi) is 3.59. The van der Waals surface area contributed by atoms with E-state index in [0.29, 0.717) is 5.02 Å². The number of hydrogen-bond donors (Lipinski definition) is 1. The van der Waals surface area contributed by atoms with Crippen LogP contribution in [0.5, 0.6) is 0 Å². The molecule has 4 heteroatoms. The van der Waals surface area contributed by atoms with E-state index in [1.807, 2.05) is 30.3 Å². The minimum atomic E-state index is -0.251. The number of nitrogens with zero attached hydrogens (tertiary/aromatic N) is 1. The maximum Gasteiger partial charge on any atom is 0.0582 e. The van der Waals surface area contributed by atoms with E-state index in [1.165, 1.54) is 0 Å². The maximum absolute atomic E-state index is 6.14. The second-order valence-electron chi connectivity index (χ2n) is 3.44. The fraction of sp³-hybridized carbons (Fsp3) is 0.0833. The second-order valence-corrected chi connectivity index (χ2v) is 4.76. The van der Waals surface area contributed by atoms with Crippen molar-refractivity contribution in [2.45, 2.75) is 6.04 Å². The van der Waals surface area contributed by atoms with Crippen LogP contribution in [0.4, 0.5) is 0 Å². The Morgan fingerprint density at radius 1 is 1.25 bits per heavy atom. The second kappa shape index (κ2) is 4.95. The van der Waals surface area contributed by atoms with Gasteiger partial charge in [-0.2, -0.15) is 0 Å². The van der Waals surface area contributed by atoms with Gasteiger partial charge in [-0.1, -0.05) is 29.8 Å². The van der Waals surface area contributed by atoms with E-state index in [-0.39, 0.29) is 6.04 Å². The van der Waals surface area contributed by atoms with Gasteiger partial charge in [-0.25, -0.2) is 0 Å². The molecule has 2 rings (SSSR count). The van der Waals surface area contributed by atoms with Gasteiger partial charge in [-0.15, -0.1) is 0 Å². The van der Waals surface area contributed by atoms with E-state index in [4.69, 9.17) is 17.3 Å². The first-order valence-electron chi connectivity index (χ1n) is 4.79. The Morgan fingerprint density at radius 2 is 2.00 bits per heavy atom. The molecule has 1 atom stereocenters. The van der Waals surface area contributed by atoms with Gasteiger partial charge in [0.25, 0.3) is 0 Å². The summed E-state index contributed by atoms with van der Waals surface area (Å²) in [5.41, 5.74) is 7.98. The Bertz CT molecular complexity index is 502. The number of nitrogens with two attached hydrogens (primary N) is 1. The molecular weight excluding hydrogens is 288 g/mol. The summed E-state index contributed by atoms with van der Waals surface area (Å²) in [5.74, 6) is 0. The summed E-state index contributed by atoms with van der Waals surface area (Å²) in [4.78, 5) is 4.09. The van der Waals surface area contributed by atoms with Crippen molar-refractivity contribution in [1.82, 2.24) is 4.98 Å². The molecule has 1 heterocycles. The number of aromatic nitrogens is 1. The molecule has 2 nitrogen and oxygen atoms in total. The summed E-state index contributed by atoms with van der Waals surface area (Å²) in [6.07, 6.45) is 3.47. The van der Waals surface area contributed by atoms with Gasteiger partial charge in [-0.05, 0) is 39.2 Å². The molecule has 0 radical (unpaired) electrons. The van der Waals surface area contributed by atoms with Gasteiger partial charge in [0.15, 0.2) is 0 Å². The van der Waals surface area contributed by atoms with Crippen molar-refractivity contribution >= 4 is 27.5 Å². The summed E-state index contributed by atoms with van der Waals surface area (Å²) in [7, 11) is 0. The fourth-order valence-corrected chi connectivity index (χ4v) is 2.14. The van der Waals surface area contributed by atoms with Gasteiger partial charge in [0, 0.05) is 21.9 Å². The number of hydrogen-bond acceptors (Lipinski definition) is 2. The van der Waals surface area contributed by atoms with E-state index in [2.05, 4.69) is 20.9 Å². The molecule has 2 N–H and O–H groups in total. The van der Waals surface area contributed by atoms with Crippen LogP contribution in [0.2, 0.25) is 5.02 Å². The average molecular weight is 298 g/mol. The van der Waals surface area contributed by atoms with Crippen molar-refractivity contribution in [3.63, 3.8) is 0 Å².